The van der Waals surface area contributed by atoms with Gasteiger partial charge < -0.3 is 10.1 Å². The summed E-state index contributed by atoms with van der Waals surface area (Å²) >= 11 is 0. The van der Waals surface area contributed by atoms with Crippen molar-refractivity contribution < 1.29 is 4.74 Å². The molecule has 1 heterocycles. The largest absolute Gasteiger partial charge is 0.378 e. The maximum Gasteiger partial charge on any atom is 0.0619 e. The summed E-state index contributed by atoms with van der Waals surface area (Å²) in [7, 11) is 0. The molecule has 1 aromatic carbocycles. The molecule has 0 radical (unpaired) electrons. The normalized spacial score (nSPS) is 29.8. The molecule has 3 rings (SSSR count). The molecule has 2 atom stereocenters. The molecule has 1 saturated carbocycles. The number of benzene rings is 1. The van der Waals surface area contributed by atoms with Crippen molar-refractivity contribution in [3.63, 3.8) is 0 Å². The Kier molecular flexibility index (Phi) is 4.13. The first kappa shape index (κ1) is 14.1. The van der Waals surface area contributed by atoms with Gasteiger partial charge in [-0.05, 0) is 50.2 Å². The molecule has 1 N–H and O–H groups in total. The molecule has 2 fully saturated rings. The van der Waals surface area contributed by atoms with Crippen LogP contribution in [0, 0.1) is 5.41 Å². The molecular formula is C18H27NO. The van der Waals surface area contributed by atoms with E-state index in [0.29, 0.717) is 6.10 Å². The van der Waals surface area contributed by atoms with Gasteiger partial charge in [0.15, 0.2) is 0 Å². The van der Waals surface area contributed by atoms with E-state index in [9.17, 15) is 0 Å². The Morgan fingerprint density at radius 2 is 1.90 bits per heavy atom. The molecule has 0 amide bonds. The number of ether oxygens (including phenoxy) is 1. The van der Waals surface area contributed by atoms with Crippen LogP contribution in [0.25, 0.3) is 0 Å². The molecule has 1 aliphatic heterocycles. The molecule has 2 unspecified atom stereocenters. The van der Waals surface area contributed by atoms with Crippen LogP contribution in [-0.2, 0) is 17.6 Å². The lowest BCUT2D eigenvalue weighted by atomic mass is 9.76. The molecule has 1 saturated heterocycles. The summed E-state index contributed by atoms with van der Waals surface area (Å²) in [5.41, 5.74) is 3.17. The first-order chi connectivity index (χ1) is 9.72. The van der Waals surface area contributed by atoms with Crippen molar-refractivity contribution >= 4 is 0 Å². The molecule has 0 spiro atoms. The molecule has 110 valence electrons. The van der Waals surface area contributed by atoms with Crippen molar-refractivity contribution in [3.8, 4) is 0 Å². The van der Waals surface area contributed by atoms with Crippen LogP contribution in [0.2, 0.25) is 0 Å². The summed E-state index contributed by atoms with van der Waals surface area (Å²) in [5, 5.41) is 3.73. The highest BCUT2D eigenvalue weighted by molar-refractivity contribution is 5.24. The molecule has 2 nitrogen and oxygen atoms in total. The molecule has 20 heavy (non-hydrogen) atoms. The zero-order valence-electron chi connectivity index (χ0n) is 12.8. The van der Waals surface area contributed by atoms with Crippen LogP contribution in [0.3, 0.4) is 0 Å². The summed E-state index contributed by atoms with van der Waals surface area (Å²) in [6.45, 7) is 6.49. The Hall–Kier alpha value is -0.860. The predicted molar refractivity (Wildman–Crippen MR) is 83.0 cm³/mol. The maximum absolute atomic E-state index is 5.90. The molecule has 2 aliphatic rings. The average molecular weight is 273 g/mol. The number of aryl methyl sites for hydroxylation is 1. The predicted octanol–water partition coefficient (Wildman–Crippen LogP) is 3.34. The molecule has 0 aromatic heterocycles. The van der Waals surface area contributed by atoms with Crippen LogP contribution in [0.1, 0.15) is 44.2 Å². The lowest BCUT2D eigenvalue weighted by Gasteiger charge is -2.33. The van der Waals surface area contributed by atoms with Gasteiger partial charge >= 0.3 is 0 Å². The second-order valence-electron chi connectivity index (χ2n) is 6.63. The van der Waals surface area contributed by atoms with Crippen molar-refractivity contribution in [2.75, 3.05) is 13.2 Å². The van der Waals surface area contributed by atoms with E-state index in [-0.39, 0.29) is 5.41 Å². The van der Waals surface area contributed by atoms with Crippen LogP contribution < -0.4 is 5.32 Å². The van der Waals surface area contributed by atoms with Crippen molar-refractivity contribution in [2.24, 2.45) is 5.41 Å². The number of hydrogen-bond donors (Lipinski definition) is 1. The van der Waals surface area contributed by atoms with E-state index in [2.05, 4.69) is 43.4 Å². The van der Waals surface area contributed by atoms with Gasteiger partial charge in [0.25, 0.3) is 0 Å². The molecule has 2 heteroatoms. The highest BCUT2D eigenvalue weighted by Crippen LogP contribution is 2.38. The highest BCUT2D eigenvalue weighted by Gasteiger charge is 2.42. The Morgan fingerprint density at radius 3 is 2.45 bits per heavy atom. The Labute approximate surface area is 122 Å². The van der Waals surface area contributed by atoms with Crippen molar-refractivity contribution in [2.45, 2.75) is 58.1 Å². The third-order valence-corrected chi connectivity index (χ3v) is 5.14. The highest BCUT2D eigenvalue weighted by atomic mass is 16.5. The van der Waals surface area contributed by atoms with Crippen LogP contribution >= 0.6 is 0 Å². The second kappa shape index (κ2) is 5.87. The van der Waals surface area contributed by atoms with Crippen molar-refractivity contribution in [1.82, 2.24) is 5.32 Å². The Balaban J connectivity index is 1.70. The van der Waals surface area contributed by atoms with Gasteiger partial charge in [-0.1, -0.05) is 31.2 Å². The van der Waals surface area contributed by atoms with Crippen molar-refractivity contribution in [3.05, 3.63) is 35.4 Å². The van der Waals surface area contributed by atoms with Crippen LogP contribution in [-0.4, -0.2) is 25.3 Å². The van der Waals surface area contributed by atoms with Gasteiger partial charge in [-0.15, -0.1) is 0 Å². The maximum atomic E-state index is 5.90. The fourth-order valence-corrected chi connectivity index (χ4v) is 3.28. The summed E-state index contributed by atoms with van der Waals surface area (Å²) in [4.78, 5) is 0. The SMILES string of the molecule is CCc1ccc(CC2(CNC3CC3)CCOC2C)cc1. The smallest absolute Gasteiger partial charge is 0.0619 e. The summed E-state index contributed by atoms with van der Waals surface area (Å²) in [6, 6.07) is 9.95. The summed E-state index contributed by atoms with van der Waals surface area (Å²) < 4.78 is 5.90. The van der Waals surface area contributed by atoms with E-state index in [1.807, 2.05) is 0 Å². The minimum atomic E-state index is 0.288. The number of hydrogen-bond acceptors (Lipinski definition) is 2. The van der Waals surface area contributed by atoms with E-state index in [0.717, 1.165) is 32.0 Å². The van der Waals surface area contributed by atoms with Crippen LogP contribution in [0.15, 0.2) is 24.3 Å². The Morgan fingerprint density at radius 1 is 1.20 bits per heavy atom. The van der Waals surface area contributed by atoms with E-state index in [1.54, 1.807) is 0 Å². The van der Waals surface area contributed by atoms with Gasteiger partial charge in [0.1, 0.15) is 0 Å². The van der Waals surface area contributed by atoms with E-state index < -0.39 is 0 Å². The van der Waals surface area contributed by atoms with E-state index in [4.69, 9.17) is 4.74 Å². The monoisotopic (exact) mass is 273 g/mol. The van der Waals surface area contributed by atoms with Crippen molar-refractivity contribution in [1.29, 1.82) is 0 Å². The lowest BCUT2D eigenvalue weighted by molar-refractivity contribution is 0.0628. The third-order valence-electron chi connectivity index (χ3n) is 5.14. The van der Waals surface area contributed by atoms with E-state index in [1.165, 1.54) is 30.4 Å². The molecule has 1 aliphatic carbocycles. The van der Waals surface area contributed by atoms with Gasteiger partial charge in [-0.3, -0.25) is 0 Å². The lowest BCUT2D eigenvalue weighted by Crippen LogP contribution is -2.42. The standard InChI is InChI=1S/C18H27NO/c1-3-15-4-6-16(7-5-15)12-18(10-11-20-14(18)2)13-19-17-8-9-17/h4-7,14,17,19H,3,8-13H2,1-2H3. The topological polar surface area (TPSA) is 21.3 Å². The fourth-order valence-electron chi connectivity index (χ4n) is 3.28. The van der Waals surface area contributed by atoms with Gasteiger partial charge in [-0.2, -0.15) is 0 Å². The third kappa shape index (κ3) is 3.07. The van der Waals surface area contributed by atoms with Gasteiger partial charge in [-0.25, -0.2) is 0 Å². The quantitative estimate of drug-likeness (QED) is 0.858. The minimum absolute atomic E-state index is 0.288. The zero-order valence-corrected chi connectivity index (χ0v) is 12.8. The summed E-state index contributed by atoms with van der Waals surface area (Å²) in [5.74, 6) is 0. The van der Waals surface area contributed by atoms with Gasteiger partial charge in [0.05, 0.1) is 6.10 Å². The van der Waals surface area contributed by atoms with Crippen LogP contribution in [0.4, 0.5) is 0 Å². The first-order valence-corrected chi connectivity index (χ1v) is 8.15. The number of nitrogens with one attached hydrogen (secondary N) is 1. The van der Waals surface area contributed by atoms with Gasteiger partial charge in [0, 0.05) is 24.6 Å². The number of rotatable bonds is 6. The van der Waals surface area contributed by atoms with E-state index >= 15 is 0 Å². The van der Waals surface area contributed by atoms with Gasteiger partial charge in [0.2, 0.25) is 0 Å². The first-order valence-electron chi connectivity index (χ1n) is 8.15. The second-order valence-corrected chi connectivity index (χ2v) is 6.63. The molecule has 0 bridgehead atoms. The summed E-state index contributed by atoms with van der Waals surface area (Å²) in [6.07, 6.45) is 6.52. The Bertz CT molecular complexity index is 437. The average Bonchev–Trinajstić information content (AvgIpc) is 3.23. The zero-order chi connectivity index (χ0) is 14.0. The molecular weight excluding hydrogens is 246 g/mol. The molecule has 1 aromatic rings. The minimum Gasteiger partial charge on any atom is -0.378 e. The van der Waals surface area contributed by atoms with Crippen LogP contribution in [0.5, 0.6) is 0 Å². The fraction of sp³-hybridized carbons (Fsp3) is 0.667.